The molecule has 2 N–H and O–H groups in total. The second-order valence-electron chi connectivity index (χ2n) is 5.77. The van der Waals surface area contributed by atoms with Gasteiger partial charge in [-0.1, -0.05) is 12.1 Å². The van der Waals surface area contributed by atoms with E-state index < -0.39 is 0 Å². The molecule has 8 nitrogen and oxygen atoms in total. The van der Waals surface area contributed by atoms with Crippen molar-refractivity contribution in [3.05, 3.63) is 58.6 Å². The Labute approximate surface area is 153 Å². The van der Waals surface area contributed by atoms with E-state index in [9.17, 15) is 9.90 Å². The highest BCUT2D eigenvalue weighted by Crippen LogP contribution is 2.30. The number of methoxy groups -OCH3 is 2. The van der Waals surface area contributed by atoms with Gasteiger partial charge in [0, 0.05) is 5.56 Å². The van der Waals surface area contributed by atoms with Gasteiger partial charge in [-0.2, -0.15) is 9.78 Å². The minimum atomic E-state index is -0.364. The van der Waals surface area contributed by atoms with Crippen molar-refractivity contribution in [2.75, 3.05) is 14.2 Å². The fourth-order valence-electron chi connectivity index (χ4n) is 2.95. The third-order valence-electron chi connectivity index (χ3n) is 4.27. The maximum Gasteiger partial charge on any atom is 0.298 e. The summed E-state index contributed by atoms with van der Waals surface area (Å²) in [6, 6.07) is 10.5. The van der Waals surface area contributed by atoms with Crippen LogP contribution in [-0.4, -0.2) is 40.2 Å². The van der Waals surface area contributed by atoms with Crippen LogP contribution < -0.4 is 15.0 Å². The number of rotatable bonds is 4. The molecule has 0 fully saturated rings. The summed E-state index contributed by atoms with van der Waals surface area (Å²) in [6.45, 7) is 0. The number of fused-ring (bicyclic) bond motifs is 3. The maximum atomic E-state index is 12.8. The molecule has 4 rings (SSSR count). The molecule has 0 aliphatic carbocycles. The van der Waals surface area contributed by atoms with Crippen LogP contribution in [0.3, 0.4) is 0 Å². The Hall–Kier alpha value is -3.81. The summed E-state index contributed by atoms with van der Waals surface area (Å²) in [6.07, 6.45) is 2.70. The number of nitrogens with zero attached hydrogens (tertiary/aromatic N) is 3. The van der Waals surface area contributed by atoms with Gasteiger partial charge in [0.1, 0.15) is 23.1 Å². The van der Waals surface area contributed by atoms with Crippen LogP contribution in [0.2, 0.25) is 0 Å². The second-order valence-corrected chi connectivity index (χ2v) is 5.77. The molecule has 0 bridgehead atoms. The topological polar surface area (TPSA) is 102 Å². The Morgan fingerprint density at radius 3 is 2.67 bits per heavy atom. The quantitative estimate of drug-likeness (QED) is 0.542. The highest BCUT2D eigenvalue weighted by atomic mass is 16.5. The van der Waals surface area contributed by atoms with Gasteiger partial charge in [0.05, 0.1) is 31.3 Å². The molecule has 4 aromatic rings. The lowest BCUT2D eigenvalue weighted by atomic mass is 10.2. The first-order valence-electron chi connectivity index (χ1n) is 8.10. The number of ether oxygens (including phenoxy) is 2. The smallest absolute Gasteiger partial charge is 0.298 e. The Bertz CT molecular complexity index is 1240. The number of phenols is 1. The zero-order chi connectivity index (χ0) is 19.0. The van der Waals surface area contributed by atoms with Gasteiger partial charge in [0.15, 0.2) is 11.5 Å². The third kappa shape index (κ3) is 2.67. The molecule has 2 aromatic carbocycles. The lowest BCUT2D eigenvalue weighted by Gasteiger charge is -2.05. The van der Waals surface area contributed by atoms with Crippen LogP contribution >= 0.6 is 0 Å². The van der Waals surface area contributed by atoms with Crippen molar-refractivity contribution in [1.82, 2.24) is 14.6 Å². The molecule has 8 heteroatoms. The number of phenolic OH excluding ortho intramolecular Hbond substituents is 1. The van der Waals surface area contributed by atoms with E-state index in [0.717, 1.165) is 15.6 Å². The normalized spacial score (nSPS) is 11.5. The summed E-state index contributed by atoms with van der Waals surface area (Å²) in [5.41, 5.74) is 1.64. The molecular weight excluding hydrogens is 348 g/mol. The molecule has 136 valence electrons. The third-order valence-corrected chi connectivity index (χ3v) is 4.27. The predicted molar refractivity (Wildman–Crippen MR) is 102 cm³/mol. The average Bonchev–Trinajstić information content (AvgIpc) is 3.08. The van der Waals surface area contributed by atoms with Gasteiger partial charge in [-0.3, -0.25) is 4.79 Å². The van der Waals surface area contributed by atoms with Crippen LogP contribution in [0.25, 0.3) is 21.9 Å². The number of H-pyrrole nitrogens is 1. The monoisotopic (exact) mass is 364 g/mol. The number of hydrogen-bond donors (Lipinski definition) is 2. The summed E-state index contributed by atoms with van der Waals surface area (Å²) in [4.78, 5) is 20.2. The van der Waals surface area contributed by atoms with Crippen molar-refractivity contribution < 1.29 is 14.6 Å². The molecule has 2 aromatic heterocycles. The molecule has 0 saturated carbocycles. The maximum absolute atomic E-state index is 12.8. The highest BCUT2D eigenvalue weighted by Gasteiger charge is 2.14. The van der Waals surface area contributed by atoms with E-state index in [4.69, 9.17) is 9.47 Å². The minimum absolute atomic E-state index is 0.0545. The summed E-state index contributed by atoms with van der Waals surface area (Å²) in [5.74, 6) is 0.900. The van der Waals surface area contributed by atoms with Gasteiger partial charge in [0.2, 0.25) is 0 Å². The minimum Gasteiger partial charge on any atom is -0.504 e. The fourth-order valence-corrected chi connectivity index (χ4v) is 2.95. The molecule has 0 atom stereocenters. The molecular formula is C19H16N4O4. The zero-order valence-electron chi connectivity index (χ0n) is 14.6. The van der Waals surface area contributed by atoms with Gasteiger partial charge in [-0.05, 0) is 24.3 Å². The van der Waals surface area contributed by atoms with Crippen molar-refractivity contribution >= 4 is 28.2 Å². The Kier molecular flexibility index (Phi) is 4.00. The molecule has 0 saturated heterocycles. The van der Waals surface area contributed by atoms with E-state index in [1.54, 1.807) is 25.3 Å². The number of nitrogens with one attached hydrogen (secondary N) is 1. The Morgan fingerprint density at radius 1 is 1.15 bits per heavy atom. The fraction of sp³-hybridized carbons (Fsp3) is 0.105. The van der Waals surface area contributed by atoms with Crippen LogP contribution in [0.1, 0.15) is 5.56 Å². The van der Waals surface area contributed by atoms with Crippen LogP contribution in [0, 0.1) is 0 Å². The average molecular weight is 364 g/mol. The SMILES string of the molecule is COc1cccc(/C=N/n2cnc3c([nH]c4cccc(OC)c43)c2=O)c1O. The first-order chi connectivity index (χ1) is 13.1. The first-order valence-corrected chi connectivity index (χ1v) is 8.10. The molecule has 0 radical (unpaired) electrons. The van der Waals surface area contributed by atoms with Gasteiger partial charge >= 0.3 is 0 Å². The van der Waals surface area contributed by atoms with Gasteiger partial charge in [-0.15, -0.1) is 0 Å². The van der Waals surface area contributed by atoms with Crippen LogP contribution in [-0.2, 0) is 0 Å². The van der Waals surface area contributed by atoms with Crippen molar-refractivity contribution in [1.29, 1.82) is 0 Å². The van der Waals surface area contributed by atoms with Gasteiger partial charge in [0.25, 0.3) is 5.56 Å². The zero-order valence-corrected chi connectivity index (χ0v) is 14.6. The first kappa shape index (κ1) is 16.6. The standard InChI is InChI=1S/C19H16N4O4/c1-26-13-7-4-6-12-15(13)16-17(22-12)19(25)23(10-20-16)21-9-11-5-3-8-14(27-2)18(11)24/h3-10,22,24H,1-2H3/b21-9+. The molecule has 0 aliphatic rings. The van der Waals surface area contributed by atoms with Crippen LogP contribution in [0.15, 0.2) is 52.6 Å². The van der Waals surface area contributed by atoms with Crippen molar-refractivity contribution in [2.24, 2.45) is 5.10 Å². The number of aromatic hydroxyl groups is 1. The van der Waals surface area contributed by atoms with Crippen molar-refractivity contribution in [3.8, 4) is 17.2 Å². The lowest BCUT2D eigenvalue weighted by molar-refractivity contribution is 0.373. The Morgan fingerprint density at radius 2 is 1.89 bits per heavy atom. The second kappa shape index (κ2) is 6.49. The summed E-state index contributed by atoms with van der Waals surface area (Å²) in [5, 5.41) is 15.0. The molecule has 0 aliphatic heterocycles. The van der Waals surface area contributed by atoms with Crippen molar-refractivity contribution in [2.45, 2.75) is 0 Å². The van der Waals surface area contributed by atoms with E-state index in [1.165, 1.54) is 19.7 Å². The number of benzene rings is 2. The Balaban J connectivity index is 1.83. The molecule has 27 heavy (non-hydrogen) atoms. The van der Waals surface area contributed by atoms with Crippen molar-refractivity contribution in [3.63, 3.8) is 0 Å². The number of hydrogen-bond acceptors (Lipinski definition) is 6. The molecule has 2 heterocycles. The highest BCUT2D eigenvalue weighted by molar-refractivity contribution is 6.07. The summed E-state index contributed by atoms with van der Waals surface area (Å²) < 4.78 is 11.5. The number of aromatic amines is 1. The van der Waals surface area contributed by atoms with E-state index in [1.807, 2.05) is 18.2 Å². The van der Waals surface area contributed by atoms with E-state index >= 15 is 0 Å². The summed E-state index contributed by atoms with van der Waals surface area (Å²) >= 11 is 0. The lowest BCUT2D eigenvalue weighted by Crippen LogP contribution is -2.17. The number of para-hydroxylation sites is 1. The van der Waals surface area contributed by atoms with Gasteiger partial charge < -0.3 is 19.6 Å². The molecule has 0 unspecified atom stereocenters. The van der Waals surface area contributed by atoms with E-state index in [0.29, 0.717) is 28.1 Å². The molecule has 0 amide bonds. The largest absolute Gasteiger partial charge is 0.504 e. The summed E-state index contributed by atoms with van der Waals surface area (Å²) in [7, 11) is 3.03. The van der Waals surface area contributed by atoms with E-state index in [2.05, 4.69) is 15.1 Å². The van der Waals surface area contributed by atoms with Crippen LogP contribution in [0.5, 0.6) is 17.2 Å². The predicted octanol–water partition coefficient (Wildman–Crippen LogP) is 2.48. The van der Waals surface area contributed by atoms with Gasteiger partial charge in [-0.25, -0.2) is 4.98 Å². The number of aromatic nitrogens is 3. The molecule has 0 spiro atoms. The van der Waals surface area contributed by atoms with E-state index in [-0.39, 0.29) is 11.3 Å². The van der Waals surface area contributed by atoms with Crippen LogP contribution in [0.4, 0.5) is 0 Å².